The Morgan fingerprint density at radius 3 is 1.81 bits per heavy atom. The lowest BCUT2D eigenvalue weighted by molar-refractivity contribution is -0.870. The summed E-state index contributed by atoms with van der Waals surface area (Å²) < 4.78 is 33.8. The SMILES string of the molecule is CCCCCC/C=C\CCCCCCCC(=O)OCC(COP(=O)([O-])OCC[N+](C)(C)C)OC(=O)CCCCCCC/C=C\C=C\C(O)CCCCC. The van der Waals surface area contributed by atoms with Crippen LogP contribution in [-0.2, 0) is 32.7 Å². The molecule has 10 nitrogen and oxygen atoms in total. The summed E-state index contributed by atoms with van der Waals surface area (Å²) in [7, 11) is 1.11. The number of unbranched alkanes of at least 4 members (excludes halogenated alkanes) is 16. The Hall–Kier alpha value is -1.81. The molecule has 0 fully saturated rings. The van der Waals surface area contributed by atoms with Crippen LogP contribution in [0.3, 0.4) is 0 Å². The number of carbonyl (C=O) groups excluding carboxylic acids is 2. The maximum Gasteiger partial charge on any atom is 0.306 e. The Morgan fingerprint density at radius 1 is 0.679 bits per heavy atom. The largest absolute Gasteiger partial charge is 0.756 e. The number of hydrogen-bond acceptors (Lipinski definition) is 9. The van der Waals surface area contributed by atoms with Gasteiger partial charge in [0.05, 0.1) is 33.9 Å². The quantitative estimate of drug-likeness (QED) is 0.0164. The van der Waals surface area contributed by atoms with E-state index in [4.69, 9.17) is 18.5 Å². The van der Waals surface area contributed by atoms with E-state index < -0.39 is 32.5 Å². The molecule has 3 atom stereocenters. The van der Waals surface area contributed by atoms with Crippen LogP contribution in [0, 0.1) is 0 Å². The van der Waals surface area contributed by atoms with Crippen molar-refractivity contribution in [3.8, 4) is 0 Å². The first-order chi connectivity index (χ1) is 25.4. The van der Waals surface area contributed by atoms with Crippen LogP contribution in [0.4, 0.5) is 0 Å². The number of phosphoric acid groups is 1. The molecular weight excluding hydrogens is 693 g/mol. The summed E-state index contributed by atoms with van der Waals surface area (Å²) >= 11 is 0. The molecule has 53 heavy (non-hydrogen) atoms. The van der Waals surface area contributed by atoms with Gasteiger partial charge in [-0.1, -0.05) is 127 Å². The number of quaternary nitrogens is 1. The summed E-state index contributed by atoms with van der Waals surface area (Å²) in [4.78, 5) is 37.4. The second-order valence-corrected chi connectivity index (χ2v) is 16.6. The van der Waals surface area contributed by atoms with Crippen LogP contribution in [0.5, 0.6) is 0 Å². The van der Waals surface area contributed by atoms with Crippen molar-refractivity contribution < 1.29 is 47.2 Å². The maximum absolute atomic E-state index is 12.6. The fourth-order valence-electron chi connectivity index (χ4n) is 5.37. The predicted molar refractivity (Wildman–Crippen MR) is 214 cm³/mol. The number of aliphatic hydroxyl groups is 1. The average Bonchev–Trinajstić information content (AvgIpc) is 3.09. The molecule has 0 aromatic carbocycles. The Bertz CT molecular complexity index is 1020. The van der Waals surface area contributed by atoms with E-state index in [1.54, 1.807) is 0 Å². The van der Waals surface area contributed by atoms with E-state index in [0.717, 1.165) is 89.9 Å². The second kappa shape index (κ2) is 34.7. The van der Waals surface area contributed by atoms with Gasteiger partial charge in [-0.2, -0.15) is 0 Å². The van der Waals surface area contributed by atoms with Gasteiger partial charge in [0.25, 0.3) is 7.82 Å². The van der Waals surface area contributed by atoms with Gasteiger partial charge in [-0.25, -0.2) is 0 Å². The number of likely N-dealkylation sites (N-methyl/N-ethyl adjacent to an activating group) is 1. The van der Waals surface area contributed by atoms with Crippen LogP contribution >= 0.6 is 7.82 Å². The fraction of sp³-hybridized carbons (Fsp3) is 0.810. The van der Waals surface area contributed by atoms with Crippen molar-refractivity contribution in [1.29, 1.82) is 0 Å². The lowest BCUT2D eigenvalue weighted by Crippen LogP contribution is -2.37. The number of phosphoric ester groups is 1. The average molecular weight is 772 g/mol. The van der Waals surface area contributed by atoms with E-state index in [9.17, 15) is 24.2 Å². The van der Waals surface area contributed by atoms with Crippen molar-refractivity contribution in [2.75, 3.05) is 47.5 Å². The van der Waals surface area contributed by atoms with E-state index in [1.165, 1.54) is 32.1 Å². The molecule has 0 spiro atoms. The smallest absolute Gasteiger partial charge is 0.306 e. The Balaban J connectivity index is 4.48. The minimum Gasteiger partial charge on any atom is -0.756 e. The molecule has 0 aliphatic heterocycles. The zero-order valence-corrected chi connectivity index (χ0v) is 35.2. The third kappa shape index (κ3) is 38.3. The van der Waals surface area contributed by atoms with Crippen molar-refractivity contribution in [3.63, 3.8) is 0 Å². The van der Waals surface area contributed by atoms with Gasteiger partial charge in [-0.3, -0.25) is 14.2 Å². The molecular formula is C42H78NO9P. The highest BCUT2D eigenvalue weighted by Gasteiger charge is 2.21. The highest BCUT2D eigenvalue weighted by molar-refractivity contribution is 7.45. The van der Waals surface area contributed by atoms with Crippen molar-refractivity contribution in [2.45, 2.75) is 174 Å². The Kier molecular flexibility index (Phi) is 33.5. The van der Waals surface area contributed by atoms with Gasteiger partial charge >= 0.3 is 11.9 Å². The van der Waals surface area contributed by atoms with E-state index in [0.29, 0.717) is 23.9 Å². The van der Waals surface area contributed by atoms with E-state index in [1.807, 2.05) is 39.4 Å². The first kappa shape index (κ1) is 51.2. The van der Waals surface area contributed by atoms with Gasteiger partial charge in [-0.05, 0) is 57.8 Å². The van der Waals surface area contributed by atoms with Gasteiger partial charge in [0.2, 0.25) is 0 Å². The van der Waals surface area contributed by atoms with Crippen molar-refractivity contribution >= 4 is 19.8 Å². The molecule has 1 N–H and O–H groups in total. The number of allylic oxidation sites excluding steroid dienone is 5. The highest BCUT2D eigenvalue weighted by atomic mass is 31.2. The van der Waals surface area contributed by atoms with Crippen LogP contribution in [0.1, 0.15) is 162 Å². The predicted octanol–water partition coefficient (Wildman–Crippen LogP) is 9.69. The summed E-state index contributed by atoms with van der Waals surface area (Å²) in [5, 5.41) is 9.92. The molecule has 0 aromatic heterocycles. The molecule has 0 rings (SSSR count). The summed E-state index contributed by atoms with van der Waals surface area (Å²) in [5.74, 6) is -0.897. The number of hydrogen-bond donors (Lipinski definition) is 1. The molecule has 3 unspecified atom stereocenters. The zero-order chi connectivity index (χ0) is 39.5. The van der Waals surface area contributed by atoms with Crippen LogP contribution in [0.15, 0.2) is 36.5 Å². The molecule has 0 amide bonds. The third-order valence-corrected chi connectivity index (χ3v) is 9.70. The molecule has 0 bridgehead atoms. The molecule has 0 saturated carbocycles. The second-order valence-electron chi connectivity index (χ2n) is 15.2. The van der Waals surface area contributed by atoms with Crippen molar-refractivity contribution in [1.82, 2.24) is 0 Å². The summed E-state index contributed by atoms with van der Waals surface area (Å²) in [6, 6.07) is 0. The first-order valence-electron chi connectivity index (χ1n) is 20.8. The van der Waals surface area contributed by atoms with E-state index in [-0.39, 0.29) is 32.2 Å². The molecule has 310 valence electrons. The summed E-state index contributed by atoms with van der Waals surface area (Å²) in [6.45, 7) is 4.02. The Labute approximate surface area is 324 Å². The number of nitrogens with zero attached hydrogens (tertiary/aromatic N) is 1. The van der Waals surface area contributed by atoms with Crippen LogP contribution in [0.2, 0.25) is 0 Å². The summed E-state index contributed by atoms with van der Waals surface area (Å²) in [6.07, 6.45) is 33.5. The minimum absolute atomic E-state index is 0.0454. The fourth-order valence-corrected chi connectivity index (χ4v) is 6.10. The number of esters is 2. The maximum atomic E-state index is 12.6. The number of aliphatic hydroxyl groups excluding tert-OH is 1. The van der Waals surface area contributed by atoms with Gasteiger partial charge in [-0.15, -0.1) is 0 Å². The lowest BCUT2D eigenvalue weighted by Gasteiger charge is -2.28. The topological polar surface area (TPSA) is 131 Å². The molecule has 0 radical (unpaired) electrons. The normalized spacial score (nSPS) is 14.6. The number of ether oxygens (including phenoxy) is 2. The molecule has 11 heteroatoms. The van der Waals surface area contributed by atoms with Crippen LogP contribution in [-0.4, -0.2) is 81.2 Å². The van der Waals surface area contributed by atoms with Gasteiger partial charge in [0.1, 0.15) is 19.8 Å². The number of rotatable bonds is 37. The first-order valence-corrected chi connectivity index (χ1v) is 22.3. The number of carbonyl (C=O) groups is 2. The van der Waals surface area contributed by atoms with E-state index in [2.05, 4.69) is 32.1 Å². The van der Waals surface area contributed by atoms with Crippen LogP contribution < -0.4 is 4.89 Å². The van der Waals surface area contributed by atoms with Gasteiger partial charge in [0, 0.05) is 12.8 Å². The zero-order valence-electron chi connectivity index (χ0n) is 34.3. The molecule has 0 saturated heterocycles. The lowest BCUT2D eigenvalue weighted by atomic mass is 10.1. The standard InChI is InChI=1S/C42H78NO9P/c1-6-8-10-11-12-13-14-15-16-19-22-25-29-33-41(45)49-37-40(38-51-53(47,48)50-36-35-43(3,4)5)52-42(46)34-30-26-23-20-17-18-21-24-28-32-39(44)31-27-9-7-2/h13-14,21,24,28,32,39-40,44H,6-12,15-20,22-23,25-27,29-31,33-38H2,1-5H3/b14-13-,24-21-,32-28+. The Morgan fingerprint density at radius 2 is 1.21 bits per heavy atom. The molecule has 0 heterocycles. The minimum atomic E-state index is -4.64. The van der Waals surface area contributed by atoms with E-state index >= 15 is 0 Å². The van der Waals surface area contributed by atoms with Gasteiger partial charge < -0.3 is 33.0 Å². The monoisotopic (exact) mass is 772 g/mol. The van der Waals surface area contributed by atoms with Gasteiger partial charge in [0.15, 0.2) is 6.10 Å². The molecule has 0 aliphatic rings. The molecule has 0 aromatic rings. The van der Waals surface area contributed by atoms with Crippen molar-refractivity contribution in [3.05, 3.63) is 36.5 Å². The summed E-state index contributed by atoms with van der Waals surface area (Å²) in [5.41, 5.74) is 0. The van der Waals surface area contributed by atoms with Crippen molar-refractivity contribution in [2.24, 2.45) is 0 Å². The molecule has 0 aliphatic carbocycles. The van der Waals surface area contributed by atoms with Crippen LogP contribution in [0.25, 0.3) is 0 Å². The highest BCUT2D eigenvalue weighted by Crippen LogP contribution is 2.38. The third-order valence-electron chi connectivity index (χ3n) is 8.74.